The summed E-state index contributed by atoms with van der Waals surface area (Å²) in [6, 6.07) is 6.02. The molecular weight excluding hydrogens is 360 g/mol. The van der Waals surface area contributed by atoms with Crippen LogP contribution in [0.1, 0.15) is 15.9 Å². The molecule has 0 aromatic carbocycles. The molecule has 1 atom stereocenters. The normalized spacial score (nSPS) is 13.0. The van der Waals surface area contributed by atoms with Gasteiger partial charge in [0.2, 0.25) is 0 Å². The van der Waals surface area contributed by atoms with Crippen molar-refractivity contribution < 1.29 is 5.11 Å². The zero-order valence-electron chi connectivity index (χ0n) is 7.61. The third kappa shape index (κ3) is 2.91. The predicted octanol–water partition coefficient (Wildman–Crippen LogP) is 4.61. The van der Waals surface area contributed by atoms with Crippen LogP contribution in [0.15, 0.2) is 31.8 Å². The fourth-order valence-corrected chi connectivity index (χ4v) is 4.43. The Labute approximate surface area is 113 Å². The molecule has 2 aromatic heterocycles. The summed E-state index contributed by atoms with van der Waals surface area (Å²) in [4.78, 5) is 2.19. The number of halogens is 2. The first-order chi connectivity index (χ1) is 7.16. The summed E-state index contributed by atoms with van der Waals surface area (Å²) in [6.07, 6.45) is 0.264. The van der Waals surface area contributed by atoms with Gasteiger partial charge in [-0.25, -0.2) is 0 Å². The van der Waals surface area contributed by atoms with Crippen molar-refractivity contribution in [3.63, 3.8) is 0 Å². The molecule has 5 heteroatoms. The molecule has 80 valence electrons. The van der Waals surface area contributed by atoms with Crippen molar-refractivity contribution in [1.82, 2.24) is 0 Å². The molecule has 0 saturated heterocycles. The fraction of sp³-hybridized carbons (Fsp3) is 0.200. The summed E-state index contributed by atoms with van der Waals surface area (Å²) in [5.41, 5.74) is 0. The number of rotatable bonds is 3. The van der Waals surface area contributed by atoms with E-state index in [1.807, 2.05) is 23.6 Å². The van der Waals surface area contributed by atoms with Crippen LogP contribution in [0.25, 0.3) is 0 Å². The van der Waals surface area contributed by atoms with Crippen LogP contribution in [0.5, 0.6) is 0 Å². The van der Waals surface area contributed by atoms with Crippen molar-refractivity contribution in [1.29, 1.82) is 0 Å². The topological polar surface area (TPSA) is 20.2 Å². The second-order valence-corrected chi connectivity index (χ2v) is 7.41. The Hall–Kier alpha value is 0.320. The number of aliphatic hydroxyl groups is 1. The van der Waals surface area contributed by atoms with Crippen molar-refractivity contribution in [2.75, 3.05) is 0 Å². The summed E-state index contributed by atoms with van der Waals surface area (Å²) in [6.45, 7) is 0. The van der Waals surface area contributed by atoms with Gasteiger partial charge in [-0.2, -0.15) is 0 Å². The van der Waals surface area contributed by atoms with E-state index >= 15 is 0 Å². The van der Waals surface area contributed by atoms with Crippen LogP contribution >= 0.6 is 54.5 Å². The van der Waals surface area contributed by atoms with Gasteiger partial charge < -0.3 is 5.11 Å². The van der Waals surface area contributed by atoms with Gasteiger partial charge in [-0.05, 0) is 55.4 Å². The highest BCUT2D eigenvalue weighted by Gasteiger charge is 2.14. The average Bonchev–Trinajstić information content (AvgIpc) is 2.75. The summed E-state index contributed by atoms with van der Waals surface area (Å²) >= 11 is 10.1. The van der Waals surface area contributed by atoms with Gasteiger partial charge in [0.15, 0.2) is 0 Å². The van der Waals surface area contributed by atoms with Crippen molar-refractivity contribution in [2.45, 2.75) is 12.5 Å². The Bertz CT molecular complexity index is 450. The van der Waals surface area contributed by atoms with E-state index in [1.54, 1.807) is 22.7 Å². The van der Waals surface area contributed by atoms with Crippen molar-refractivity contribution >= 4 is 54.5 Å². The predicted molar refractivity (Wildman–Crippen MR) is 72.7 cm³/mol. The second-order valence-electron chi connectivity index (χ2n) is 3.06. The van der Waals surface area contributed by atoms with Gasteiger partial charge in [0, 0.05) is 20.6 Å². The van der Waals surface area contributed by atoms with Crippen LogP contribution in [-0.4, -0.2) is 5.11 Å². The molecule has 1 N–H and O–H groups in total. The van der Waals surface area contributed by atoms with Crippen LogP contribution in [0.4, 0.5) is 0 Å². The lowest BCUT2D eigenvalue weighted by Gasteiger charge is -2.07. The van der Waals surface area contributed by atoms with E-state index < -0.39 is 6.10 Å². The monoisotopic (exact) mass is 366 g/mol. The first-order valence-corrected chi connectivity index (χ1v) is 7.60. The smallest absolute Gasteiger partial charge is 0.0941 e. The van der Waals surface area contributed by atoms with Gasteiger partial charge in [0.05, 0.1) is 9.89 Å². The molecule has 0 amide bonds. The highest BCUT2D eigenvalue weighted by molar-refractivity contribution is 9.11. The summed E-state index contributed by atoms with van der Waals surface area (Å²) in [5.74, 6) is 0. The molecule has 2 aromatic rings. The lowest BCUT2D eigenvalue weighted by atomic mass is 10.2. The zero-order valence-corrected chi connectivity index (χ0v) is 12.4. The first kappa shape index (κ1) is 11.8. The lowest BCUT2D eigenvalue weighted by molar-refractivity contribution is 0.182. The van der Waals surface area contributed by atoms with E-state index in [9.17, 15) is 5.11 Å². The first-order valence-electron chi connectivity index (χ1n) is 4.32. The van der Waals surface area contributed by atoms with Crippen LogP contribution in [0.2, 0.25) is 0 Å². The number of hydrogen-bond donors (Lipinski definition) is 1. The summed E-state index contributed by atoms with van der Waals surface area (Å²) in [7, 11) is 0. The lowest BCUT2D eigenvalue weighted by Crippen LogP contribution is -1.98. The Kier molecular flexibility index (Phi) is 4.01. The van der Waals surface area contributed by atoms with Crippen molar-refractivity contribution in [3.8, 4) is 0 Å². The van der Waals surface area contributed by atoms with Gasteiger partial charge in [0.1, 0.15) is 0 Å². The Morgan fingerprint density at radius 3 is 2.60 bits per heavy atom. The third-order valence-electron chi connectivity index (χ3n) is 1.97. The number of hydrogen-bond acceptors (Lipinski definition) is 3. The molecule has 0 spiro atoms. The van der Waals surface area contributed by atoms with Crippen LogP contribution in [0, 0.1) is 0 Å². The Balaban J connectivity index is 2.10. The minimum atomic E-state index is -0.412. The highest BCUT2D eigenvalue weighted by Crippen LogP contribution is 2.33. The number of aliphatic hydroxyl groups excluding tert-OH is 1. The second kappa shape index (κ2) is 5.10. The molecule has 1 nitrogen and oxygen atoms in total. The molecule has 2 heterocycles. The molecule has 0 aliphatic heterocycles. The molecule has 0 saturated carbocycles. The summed E-state index contributed by atoms with van der Waals surface area (Å²) in [5, 5.41) is 12.0. The van der Waals surface area contributed by atoms with E-state index in [0.29, 0.717) is 6.42 Å². The molecule has 0 bridgehead atoms. The molecule has 2 rings (SSSR count). The molecule has 0 radical (unpaired) electrons. The van der Waals surface area contributed by atoms with Gasteiger partial charge in [0.25, 0.3) is 0 Å². The van der Waals surface area contributed by atoms with Crippen LogP contribution in [0.3, 0.4) is 0 Å². The van der Waals surface area contributed by atoms with E-state index in [1.165, 1.54) is 4.88 Å². The van der Waals surface area contributed by atoms with Crippen molar-refractivity contribution in [3.05, 3.63) is 41.6 Å². The van der Waals surface area contributed by atoms with E-state index in [-0.39, 0.29) is 0 Å². The van der Waals surface area contributed by atoms with Crippen molar-refractivity contribution in [2.24, 2.45) is 0 Å². The molecule has 0 aliphatic rings. The molecule has 0 fully saturated rings. The summed E-state index contributed by atoms with van der Waals surface area (Å²) < 4.78 is 2.10. The van der Waals surface area contributed by atoms with Gasteiger partial charge >= 0.3 is 0 Å². The van der Waals surface area contributed by atoms with Gasteiger partial charge in [-0.15, -0.1) is 22.7 Å². The average molecular weight is 368 g/mol. The minimum Gasteiger partial charge on any atom is -0.387 e. The fourth-order valence-electron chi connectivity index (χ4n) is 1.29. The van der Waals surface area contributed by atoms with E-state index in [4.69, 9.17) is 0 Å². The quantitative estimate of drug-likeness (QED) is 0.839. The maximum Gasteiger partial charge on any atom is 0.0941 e. The maximum absolute atomic E-state index is 10.0. The standard InChI is InChI=1S/C10H8Br2OS2/c11-7-3-4-14-10(7)8(13)5-6-1-2-9(12)15-6/h1-4,8,13H,5H2. The molecule has 1 unspecified atom stereocenters. The minimum absolute atomic E-state index is 0.412. The zero-order chi connectivity index (χ0) is 10.8. The van der Waals surface area contributed by atoms with Gasteiger partial charge in [-0.1, -0.05) is 0 Å². The van der Waals surface area contributed by atoms with Crippen LogP contribution < -0.4 is 0 Å². The highest BCUT2D eigenvalue weighted by atomic mass is 79.9. The molecular formula is C10H8Br2OS2. The van der Waals surface area contributed by atoms with Gasteiger partial charge in [-0.3, -0.25) is 0 Å². The number of thiophene rings is 2. The molecule has 15 heavy (non-hydrogen) atoms. The SMILES string of the molecule is OC(Cc1ccc(Br)s1)c1sccc1Br. The largest absolute Gasteiger partial charge is 0.387 e. The van der Waals surface area contributed by atoms with Crippen LogP contribution in [-0.2, 0) is 6.42 Å². The third-order valence-corrected chi connectivity index (χ3v) is 5.59. The van der Waals surface area contributed by atoms with E-state index in [0.717, 1.165) is 13.1 Å². The van der Waals surface area contributed by atoms with E-state index in [2.05, 4.69) is 31.9 Å². The Morgan fingerprint density at radius 1 is 1.27 bits per heavy atom. The Morgan fingerprint density at radius 2 is 2.07 bits per heavy atom. The molecule has 0 aliphatic carbocycles. The maximum atomic E-state index is 10.0.